The van der Waals surface area contributed by atoms with Crippen LogP contribution in [-0.4, -0.2) is 24.7 Å². The van der Waals surface area contributed by atoms with E-state index in [2.05, 4.69) is 31.8 Å². The molecule has 1 aromatic rings. The van der Waals surface area contributed by atoms with Crippen molar-refractivity contribution in [2.75, 3.05) is 11.4 Å². The highest BCUT2D eigenvalue weighted by Crippen LogP contribution is 2.38. The number of anilines is 1. The number of carbonyl (C=O) groups excluding carboxylic acids is 1. The Bertz CT molecular complexity index is 700. The second-order valence-corrected chi connectivity index (χ2v) is 8.16. The fraction of sp³-hybridized carbons (Fsp3) is 0.500. The van der Waals surface area contributed by atoms with Gasteiger partial charge in [-0.25, -0.2) is 0 Å². The highest BCUT2D eigenvalue weighted by Gasteiger charge is 2.37. The van der Waals surface area contributed by atoms with Crippen LogP contribution in [0.15, 0.2) is 34.8 Å². The van der Waals surface area contributed by atoms with Crippen LogP contribution in [0.5, 0.6) is 0 Å². The average molecular weight is 345 g/mol. The van der Waals surface area contributed by atoms with E-state index in [-0.39, 0.29) is 17.4 Å². The van der Waals surface area contributed by atoms with Crippen molar-refractivity contribution in [3.63, 3.8) is 0 Å². The molecule has 0 radical (unpaired) electrons. The van der Waals surface area contributed by atoms with Gasteiger partial charge in [0.1, 0.15) is 0 Å². The molecule has 0 aromatic heterocycles. The molecule has 4 heteroatoms. The van der Waals surface area contributed by atoms with Crippen molar-refractivity contribution in [3.8, 4) is 0 Å². The smallest absolute Gasteiger partial charge is 0.231 e. The van der Waals surface area contributed by atoms with E-state index in [1.807, 2.05) is 29.3 Å². The molecule has 1 amide bonds. The van der Waals surface area contributed by atoms with Crippen LogP contribution in [0.2, 0.25) is 5.02 Å². The molecule has 1 aromatic carbocycles. The number of benzene rings is 1. The fourth-order valence-corrected chi connectivity index (χ4v) is 3.79. The number of fused-ring (bicyclic) bond motifs is 1. The summed E-state index contributed by atoms with van der Waals surface area (Å²) in [6, 6.07) is 5.73. The SMILES string of the molecule is CC(C)(C)C1CN=Cc2cccc(Cl)c2N1C(=O)CC1=CCCC1. The molecule has 3 rings (SSSR count). The number of carbonyl (C=O) groups is 1. The van der Waals surface area contributed by atoms with Gasteiger partial charge in [-0.05, 0) is 30.7 Å². The molecule has 128 valence electrons. The Morgan fingerprint density at radius 2 is 2.17 bits per heavy atom. The number of para-hydroxylation sites is 1. The van der Waals surface area contributed by atoms with Gasteiger partial charge in [0, 0.05) is 18.2 Å². The fourth-order valence-electron chi connectivity index (χ4n) is 3.52. The highest BCUT2D eigenvalue weighted by molar-refractivity contribution is 6.34. The first-order chi connectivity index (χ1) is 11.4. The van der Waals surface area contributed by atoms with Crippen LogP contribution in [0, 0.1) is 5.41 Å². The van der Waals surface area contributed by atoms with Crippen molar-refractivity contribution in [3.05, 3.63) is 40.4 Å². The summed E-state index contributed by atoms with van der Waals surface area (Å²) in [5, 5.41) is 0.615. The number of allylic oxidation sites excluding steroid dienone is 1. The van der Waals surface area contributed by atoms with E-state index >= 15 is 0 Å². The Hall–Kier alpha value is -1.61. The van der Waals surface area contributed by atoms with Gasteiger partial charge in [0.25, 0.3) is 0 Å². The first kappa shape index (κ1) is 17.2. The van der Waals surface area contributed by atoms with Gasteiger partial charge in [-0.1, -0.05) is 56.2 Å². The normalized spacial score (nSPS) is 20.6. The van der Waals surface area contributed by atoms with Crippen molar-refractivity contribution >= 4 is 29.4 Å². The van der Waals surface area contributed by atoms with Crippen LogP contribution in [0.25, 0.3) is 0 Å². The van der Waals surface area contributed by atoms with E-state index in [9.17, 15) is 4.79 Å². The zero-order valence-corrected chi connectivity index (χ0v) is 15.4. The van der Waals surface area contributed by atoms with E-state index in [4.69, 9.17) is 11.6 Å². The van der Waals surface area contributed by atoms with Gasteiger partial charge in [-0.3, -0.25) is 9.79 Å². The molecule has 1 heterocycles. The quantitative estimate of drug-likeness (QED) is 0.693. The second kappa shape index (κ2) is 6.72. The summed E-state index contributed by atoms with van der Waals surface area (Å²) in [7, 11) is 0. The summed E-state index contributed by atoms with van der Waals surface area (Å²) in [6.45, 7) is 7.07. The summed E-state index contributed by atoms with van der Waals surface area (Å²) in [6.07, 6.45) is 7.83. The number of aliphatic imine (C=N–C) groups is 1. The number of amides is 1. The van der Waals surface area contributed by atoms with Crippen molar-refractivity contribution in [1.29, 1.82) is 0 Å². The van der Waals surface area contributed by atoms with Gasteiger partial charge < -0.3 is 4.90 Å². The number of rotatable bonds is 2. The lowest BCUT2D eigenvalue weighted by molar-refractivity contribution is -0.118. The molecular formula is C20H25ClN2O. The first-order valence-corrected chi connectivity index (χ1v) is 9.04. The van der Waals surface area contributed by atoms with Crippen LogP contribution < -0.4 is 4.90 Å². The minimum absolute atomic E-state index is 0.00981. The predicted molar refractivity (Wildman–Crippen MR) is 101 cm³/mol. The van der Waals surface area contributed by atoms with Crippen molar-refractivity contribution in [2.24, 2.45) is 10.4 Å². The number of hydrogen-bond donors (Lipinski definition) is 0. The summed E-state index contributed by atoms with van der Waals surface area (Å²) < 4.78 is 0. The summed E-state index contributed by atoms with van der Waals surface area (Å²) in [4.78, 5) is 19.7. The maximum Gasteiger partial charge on any atom is 0.231 e. The maximum absolute atomic E-state index is 13.2. The Morgan fingerprint density at radius 3 is 2.83 bits per heavy atom. The van der Waals surface area contributed by atoms with Gasteiger partial charge in [0.15, 0.2) is 0 Å². The molecule has 0 bridgehead atoms. The average Bonchev–Trinajstić information content (AvgIpc) is 2.91. The van der Waals surface area contributed by atoms with E-state index in [1.54, 1.807) is 0 Å². The molecule has 2 aliphatic rings. The van der Waals surface area contributed by atoms with Crippen molar-refractivity contribution in [1.82, 2.24) is 0 Å². The molecule has 1 unspecified atom stereocenters. The zero-order valence-electron chi connectivity index (χ0n) is 14.7. The standard InChI is InChI=1S/C20H25ClN2O/c1-20(2,3)17-13-22-12-15-9-6-10-16(21)19(15)23(17)18(24)11-14-7-4-5-8-14/h6-7,9-10,12,17H,4-5,8,11,13H2,1-3H3. The maximum atomic E-state index is 13.2. The Kier molecular flexibility index (Phi) is 4.82. The molecule has 0 saturated carbocycles. The molecule has 1 aliphatic heterocycles. The van der Waals surface area contributed by atoms with Crippen LogP contribution in [0.1, 0.15) is 52.0 Å². The van der Waals surface area contributed by atoms with E-state index < -0.39 is 0 Å². The van der Waals surface area contributed by atoms with Gasteiger partial charge in [0.2, 0.25) is 5.91 Å². The molecule has 1 aliphatic carbocycles. The topological polar surface area (TPSA) is 32.7 Å². The van der Waals surface area contributed by atoms with Crippen molar-refractivity contribution < 1.29 is 4.79 Å². The Morgan fingerprint density at radius 1 is 1.38 bits per heavy atom. The predicted octanol–water partition coefficient (Wildman–Crippen LogP) is 5.02. The number of halogens is 1. The number of hydrogen-bond acceptors (Lipinski definition) is 2. The summed E-state index contributed by atoms with van der Waals surface area (Å²) >= 11 is 6.52. The summed E-state index contributed by atoms with van der Waals surface area (Å²) in [5.74, 6) is 0.128. The molecule has 0 spiro atoms. The third-order valence-corrected chi connectivity index (χ3v) is 5.17. The minimum atomic E-state index is -0.0855. The summed E-state index contributed by atoms with van der Waals surface area (Å²) in [5.41, 5.74) is 2.90. The Labute approximate surface area is 149 Å². The lowest BCUT2D eigenvalue weighted by Crippen LogP contribution is -2.49. The Balaban J connectivity index is 2.04. The molecule has 0 N–H and O–H groups in total. The third kappa shape index (κ3) is 3.41. The van der Waals surface area contributed by atoms with Gasteiger partial charge in [-0.2, -0.15) is 0 Å². The molecule has 0 saturated heterocycles. The molecular weight excluding hydrogens is 320 g/mol. The lowest BCUT2D eigenvalue weighted by Gasteiger charge is -2.39. The van der Waals surface area contributed by atoms with Crippen LogP contribution in [0.3, 0.4) is 0 Å². The molecule has 0 fully saturated rings. The van der Waals surface area contributed by atoms with E-state index in [0.717, 1.165) is 30.5 Å². The molecule has 24 heavy (non-hydrogen) atoms. The zero-order chi connectivity index (χ0) is 17.3. The van der Waals surface area contributed by atoms with Gasteiger partial charge in [0.05, 0.1) is 23.3 Å². The first-order valence-electron chi connectivity index (χ1n) is 8.66. The van der Waals surface area contributed by atoms with E-state index in [1.165, 1.54) is 5.57 Å². The van der Waals surface area contributed by atoms with Crippen LogP contribution in [-0.2, 0) is 4.79 Å². The van der Waals surface area contributed by atoms with Crippen LogP contribution in [0.4, 0.5) is 5.69 Å². The minimum Gasteiger partial charge on any atom is -0.305 e. The van der Waals surface area contributed by atoms with Gasteiger partial charge >= 0.3 is 0 Å². The van der Waals surface area contributed by atoms with Crippen LogP contribution >= 0.6 is 11.6 Å². The van der Waals surface area contributed by atoms with E-state index in [0.29, 0.717) is 18.0 Å². The second-order valence-electron chi connectivity index (χ2n) is 7.75. The van der Waals surface area contributed by atoms with Gasteiger partial charge in [-0.15, -0.1) is 0 Å². The third-order valence-electron chi connectivity index (χ3n) is 4.86. The molecule has 1 atom stereocenters. The monoisotopic (exact) mass is 344 g/mol. The largest absolute Gasteiger partial charge is 0.305 e. The molecule has 3 nitrogen and oxygen atoms in total. The lowest BCUT2D eigenvalue weighted by atomic mass is 9.85. The highest BCUT2D eigenvalue weighted by atomic mass is 35.5. The number of nitrogens with zero attached hydrogens (tertiary/aromatic N) is 2. The number of benzodiazepines with no additional fused rings is 1. The van der Waals surface area contributed by atoms with Crippen molar-refractivity contribution in [2.45, 2.75) is 52.5 Å².